The van der Waals surface area contributed by atoms with Crippen LogP contribution in [-0.2, 0) is 19.1 Å². The van der Waals surface area contributed by atoms with Crippen molar-refractivity contribution in [1.29, 1.82) is 0 Å². The predicted octanol–water partition coefficient (Wildman–Crippen LogP) is 0.916. The molecule has 0 aromatic heterocycles. The van der Waals surface area contributed by atoms with Gasteiger partial charge < -0.3 is 9.47 Å². The Balaban J connectivity index is 1.78. The van der Waals surface area contributed by atoms with E-state index in [1.165, 1.54) is 7.11 Å². The lowest BCUT2D eigenvalue weighted by molar-refractivity contribution is -0.124. The van der Waals surface area contributed by atoms with Crippen LogP contribution in [0.15, 0.2) is 36.4 Å². The normalized spacial score (nSPS) is 31.8. The Morgan fingerprint density at radius 3 is 2.27 bits per heavy atom. The zero-order valence-electron chi connectivity index (χ0n) is 11.8. The summed E-state index contributed by atoms with van der Waals surface area (Å²) in [5.41, 5.74) is 0.478. The van der Waals surface area contributed by atoms with Gasteiger partial charge in [-0.1, -0.05) is 24.3 Å². The van der Waals surface area contributed by atoms with Gasteiger partial charge in [0.25, 0.3) is 0 Å². The van der Waals surface area contributed by atoms with E-state index in [1.54, 1.807) is 24.3 Å². The van der Waals surface area contributed by atoms with Crippen LogP contribution in [0.3, 0.4) is 0 Å². The van der Waals surface area contributed by atoms with Crippen LogP contribution >= 0.6 is 0 Å². The Morgan fingerprint density at radius 1 is 1.09 bits per heavy atom. The van der Waals surface area contributed by atoms with Crippen molar-refractivity contribution in [2.45, 2.75) is 12.2 Å². The van der Waals surface area contributed by atoms with Gasteiger partial charge in [-0.2, -0.15) is 0 Å². The molecule has 0 unspecified atom stereocenters. The third-order valence-corrected chi connectivity index (χ3v) is 4.46. The van der Waals surface area contributed by atoms with E-state index in [0.717, 1.165) is 4.90 Å². The number of ether oxygens (including phenoxy) is 2. The highest BCUT2D eigenvalue weighted by Crippen LogP contribution is 2.46. The summed E-state index contributed by atoms with van der Waals surface area (Å²) in [4.78, 5) is 38.4. The molecule has 0 saturated carbocycles. The first-order valence-electron chi connectivity index (χ1n) is 7.02. The molecular formula is C16H13NO5. The lowest BCUT2D eigenvalue weighted by Gasteiger charge is -2.19. The highest BCUT2D eigenvalue weighted by molar-refractivity contribution is 6.24. The number of methoxy groups -OCH3 is 1. The second kappa shape index (κ2) is 4.51. The number of nitrogens with zero attached hydrogens (tertiary/aromatic N) is 1. The summed E-state index contributed by atoms with van der Waals surface area (Å²) in [7, 11) is 1.26. The van der Waals surface area contributed by atoms with Gasteiger partial charge in [0.15, 0.2) is 0 Å². The smallest absolute Gasteiger partial charge is 0.339 e. The van der Waals surface area contributed by atoms with Crippen molar-refractivity contribution < 1.29 is 23.9 Å². The summed E-state index contributed by atoms with van der Waals surface area (Å²) in [6.07, 6.45) is 2.96. The summed E-state index contributed by atoms with van der Waals surface area (Å²) in [6, 6.07) is 6.47. The Bertz CT molecular complexity index is 695. The van der Waals surface area contributed by atoms with E-state index >= 15 is 0 Å². The van der Waals surface area contributed by atoms with Crippen molar-refractivity contribution >= 4 is 23.5 Å². The summed E-state index contributed by atoms with van der Waals surface area (Å²) < 4.78 is 10.3. The molecule has 4 rings (SSSR count). The van der Waals surface area contributed by atoms with Gasteiger partial charge in [-0.15, -0.1) is 0 Å². The van der Waals surface area contributed by atoms with Crippen molar-refractivity contribution in [3.05, 3.63) is 42.0 Å². The van der Waals surface area contributed by atoms with Crippen LogP contribution in [0, 0.1) is 11.8 Å². The molecule has 2 fully saturated rings. The van der Waals surface area contributed by atoms with Gasteiger partial charge in [0.1, 0.15) is 0 Å². The summed E-state index contributed by atoms with van der Waals surface area (Å²) in [5.74, 6) is -2.20. The third kappa shape index (κ3) is 1.55. The fourth-order valence-corrected chi connectivity index (χ4v) is 3.49. The molecule has 6 heteroatoms. The standard InChI is InChI=1S/C16H13NO5/c1-21-16(20)8-4-2-3-5-9(8)17-14(18)12-10-6-7-11(22-10)13(12)15(17)19/h2-7,10-13H,1H3/t10-,11-,12-,13+/m0/s1. The number of benzene rings is 1. The first kappa shape index (κ1) is 13.2. The third-order valence-electron chi connectivity index (χ3n) is 4.46. The number of anilines is 1. The van der Waals surface area contributed by atoms with Crippen molar-refractivity contribution in [3.63, 3.8) is 0 Å². The average Bonchev–Trinajstić information content (AvgIpc) is 3.21. The quantitative estimate of drug-likeness (QED) is 0.461. The topological polar surface area (TPSA) is 72.9 Å². The molecule has 2 bridgehead atoms. The number of fused-ring (bicyclic) bond motifs is 5. The fraction of sp³-hybridized carbons (Fsp3) is 0.312. The Morgan fingerprint density at radius 2 is 1.68 bits per heavy atom. The Labute approximate surface area is 126 Å². The second-order valence-corrected chi connectivity index (χ2v) is 5.52. The van der Waals surface area contributed by atoms with Crippen molar-refractivity contribution in [2.24, 2.45) is 11.8 Å². The maximum atomic E-state index is 12.7. The van der Waals surface area contributed by atoms with Gasteiger partial charge in [-0.25, -0.2) is 9.69 Å². The van der Waals surface area contributed by atoms with E-state index in [9.17, 15) is 14.4 Å². The molecule has 1 aromatic carbocycles. The monoisotopic (exact) mass is 299 g/mol. The maximum Gasteiger partial charge on any atom is 0.339 e. The first-order chi connectivity index (χ1) is 10.6. The van der Waals surface area contributed by atoms with E-state index in [0.29, 0.717) is 0 Å². The van der Waals surface area contributed by atoms with E-state index in [2.05, 4.69) is 0 Å². The number of imide groups is 1. The van der Waals surface area contributed by atoms with E-state index in [-0.39, 0.29) is 35.3 Å². The number of amides is 2. The number of hydrogen-bond acceptors (Lipinski definition) is 5. The minimum atomic E-state index is -0.578. The van der Waals surface area contributed by atoms with E-state index < -0.39 is 17.8 Å². The molecule has 22 heavy (non-hydrogen) atoms. The number of carbonyl (C=O) groups is 3. The molecule has 0 spiro atoms. The molecule has 4 atom stereocenters. The number of carbonyl (C=O) groups excluding carboxylic acids is 3. The summed E-state index contributed by atoms with van der Waals surface area (Å²) >= 11 is 0. The number of hydrogen-bond donors (Lipinski definition) is 0. The number of esters is 1. The van der Waals surface area contributed by atoms with Crippen LogP contribution in [0.2, 0.25) is 0 Å². The number of rotatable bonds is 2. The van der Waals surface area contributed by atoms with Gasteiger partial charge in [0.2, 0.25) is 11.8 Å². The highest BCUT2D eigenvalue weighted by atomic mass is 16.5. The van der Waals surface area contributed by atoms with Gasteiger partial charge in [-0.3, -0.25) is 9.59 Å². The zero-order chi connectivity index (χ0) is 15.4. The largest absolute Gasteiger partial charge is 0.465 e. The molecule has 0 aliphatic carbocycles. The SMILES string of the molecule is COC(=O)c1ccccc1N1C(=O)[C@@H]2[C@H](C1=O)[C@@H]1C=C[C@@H]2O1. The highest BCUT2D eigenvalue weighted by Gasteiger charge is 2.61. The molecule has 3 aliphatic heterocycles. The van der Waals surface area contributed by atoms with Gasteiger partial charge >= 0.3 is 5.97 Å². The van der Waals surface area contributed by atoms with Crippen molar-refractivity contribution in [1.82, 2.24) is 0 Å². The van der Waals surface area contributed by atoms with Crippen molar-refractivity contribution in [2.75, 3.05) is 12.0 Å². The molecule has 112 valence electrons. The van der Waals surface area contributed by atoms with Crippen LogP contribution in [0.25, 0.3) is 0 Å². The molecule has 3 aliphatic rings. The minimum Gasteiger partial charge on any atom is -0.465 e. The second-order valence-electron chi connectivity index (χ2n) is 5.52. The maximum absolute atomic E-state index is 12.7. The molecule has 2 amide bonds. The van der Waals surface area contributed by atoms with Crippen LogP contribution in [0.5, 0.6) is 0 Å². The fourth-order valence-electron chi connectivity index (χ4n) is 3.49. The van der Waals surface area contributed by atoms with Gasteiger partial charge in [0.05, 0.1) is 42.4 Å². The van der Waals surface area contributed by atoms with Crippen LogP contribution in [0.4, 0.5) is 5.69 Å². The molecule has 2 saturated heterocycles. The minimum absolute atomic E-state index is 0.202. The molecule has 1 aromatic rings. The van der Waals surface area contributed by atoms with Crippen LogP contribution < -0.4 is 4.90 Å². The van der Waals surface area contributed by atoms with E-state index in [1.807, 2.05) is 12.2 Å². The lowest BCUT2D eigenvalue weighted by Crippen LogP contribution is -2.35. The Kier molecular flexibility index (Phi) is 2.71. The first-order valence-corrected chi connectivity index (χ1v) is 7.02. The predicted molar refractivity (Wildman–Crippen MR) is 75.1 cm³/mol. The lowest BCUT2D eigenvalue weighted by atomic mass is 9.85. The summed E-state index contributed by atoms with van der Waals surface area (Å²) in [6.45, 7) is 0. The van der Waals surface area contributed by atoms with Crippen LogP contribution in [0.1, 0.15) is 10.4 Å². The molecule has 3 heterocycles. The average molecular weight is 299 g/mol. The molecule has 0 N–H and O–H groups in total. The molecular weight excluding hydrogens is 286 g/mol. The van der Waals surface area contributed by atoms with Gasteiger partial charge in [0, 0.05) is 0 Å². The molecule has 0 radical (unpaired) electrons. The Hall–Kier alpha value is -2.47. The zero-order valence-corrected chi connectivity index (χ0v) is 11.8. The van der Waals surface area contributed by atoms with Gasteiger partial charge in [-0.05, 0) is 12.1 Å². The summed E-state index contributed by atoms with van der Waals surface area (Å²) in [5, 5.41) is 0. The molecule has 6 nitrogen and oxygen atoms in total. The van der Waals surface area contributed by atoms with Crippen LogP contribution in [-0.4, -0.2) is 37.1 Å². The van der Waals surface area contributed by atoms with Crippen molar-refractivity contribution in [3.8, 4) is 0 Å². The van der Waals surface area contributed by atoms with E-state index in [4.69, 9.17) is 9.47 Å². The number of para-hydroxylation sites is 1.